The van der Waals surface area contributed by atoms with Crippen LogP contribution >= 0.6 is 11.3 Å². The van der Waals surface area contributed by atoms with E-state index in [1.54, 1.807) is 0 Å². The summed E-state index contributed by atoms with van der Waals surface area (Å²) in [4.78, 5) is 19.1. The number of carbonyl (C=O) groups excluding carboxylic acids is 1. The van der Waals surface area contributed by atoms with Gasteiger partial charge in [-0.3, -0.25) is 9.69 Å². The number of nitrogens with one attached hydrogen (secondary N) is 1. The molecule has 0 spiro atoms. The van der Waals surface area contributed by atoms with Crippen LogP contribution in [0.25, 0.3) is 10.6 Å². The van der Waals surface area contributed by atoms with Crippen molar-refractivity contribution < 1.29 is 4.79 Å². The van der Waals surface area contributed by atoms with Gasteiger partial charge in [0.15, 0.2) is 0 Å². The lowest BCUT2D eigenvalue weighted by Gasteiger charge is -2.24. The summed E-state index contributed by atoms with van der Waals surface area (Å²) in [6.07, 6.45) is 2.56. The topological polar surface area (TPSA) is 45.2 Å². The standard InChI is InChI=1S/C18H23N3OS/c1-12-4-6-14(7-5-12)18-20-16(11-23-18)17(22)19-10-13(2)21(3)15-8-9-15/h4-7,11,13,15H,8-10H2,1-3H3,(H,19,22). The number of hydrogen-bond acceptors (Lipinski definition) is 4. The third-order valence-corrected chi connectivity index (χ3v) is 5.30. The monoisotopic (exact) mass is 329 g/mol. The van der Waals surface area contributed by atoms with Crippen molar-refractivity contribution >= 4 is 17.2 Å². The second kappa shape index (κ2) is 6.81. The van der Waals surface area contributed by atoms with Crippen LogP contribution in [0.15, 0.2) is 29.6 Å². The van der Waals surface area contributed by atoms with Gasteiger partial charge in [-0.1, -0.05) is 29.8 Å². The Balaban J connectivity index is 1.58. The molecule has 1 aliphatic carbocycles. The average molecular weight is 329 g/mol. The number of likely N-dealkylation sites (N-methyl/N-ethyl adjacent to an activating group) is 1. The minimum absolute atomic E-state index is 0.0874. The molecule has 0 radical (unpaired) electrons. The summed E-state index contributed by atoms with van der Waals surface area (Å²) in [6, 6.07) is 9.26. The summed E-state index contributed by atoms with van der Waals surface area (Å²) in [5.41, 5.74) is 2.78. The molecule has 1 fully saturated rings. The number of hydrogen-bond donors (Lipinski definition) is 1. The van der Waals surface area contributed by atoms with Gasteiger partial charge in [0.2, 0.25) is 0 Å². The predicted octanol–water partition coefficient (Wildman–Crippen LogP) is 3.33. The Morgan fingerprint density at radius 2 is 2.09 bits per heavy atom. The van der Waals surface area contributed by atoms with Crippen LogP contribution < -0.4 is 5.32 Å². The predicted molar refractivity (Wildman–Crippen MR) is 94.9 cm³/mol. The first-order valence-corrected chi connectivity index (χ1v) is 8.95. The lowest BCUT2D eigenvalue weighted by molar-refractivity contribution is 0.0935. The van der Waals surface area contributed by atoms with Crippen molar-refractivity contribution in [2.24, 2.45) is 0 Å². The van der Waals surface area contributed by atoms with Crippen molar-refractivity contribution in [1.82, 2.24) is 15.2 Å². The molecular formula is C18H23N3OS. The second-order valence-corrected chi connectivity index (χ2v) is 7.22. The normalized spacial score (nSPS) is 15.7. The number of amides is 1. The van der Waals surface area contributed by atoms with Crippen LogP contribution in [-0.2, 0) is 0 Å². The zero-order valence-corrected chi connectivity index (χ0v) is 14.7. The van der Waals surface area contributed by atoms with Gasteiger partial charge < -0.3 is 5.32 Å². The fraction of sp³-hybridized carbons (Fsp3) is 0.444. The molecular weight excluding hydrogens is 306 g/mol. The van der Waals surface area contributed by atoms with E-state index in [1.165, 1.54) is 29.7 Å². The van der Waals surface area contributed by atoms with E-state index in [1.807, 2.05) is 17.5 Å². The van der Waals surface area contributed by atoms with E-state index in [4.69, 9.17) is 0 Å². The molecule has 1 aliphatic rings. The molecule has 5 heteroatoms. The van der Waals surface area contributed by atoms with E-state index in [9.17, 15) is 4.79 Å². The zero-order chi connectivity index (χ0) is 16.4. The van der Waals surface area contributed by atoms with E-state index < -0.39 is 0 Å². The van der Waals surface area contributed by atoms with Gasteiger partial charge in [0, 0.05) is 29.6 Å². The molecule has 0 bridgehead atoms. The molecule has 3 rings (SSSR count). The molecule has 1 unspecified atom stereocenters. The molecule has 4 nitrogen and oxygen atoms in total. The van der Waals surface area contributed by atoms with Crippen molar-refractivity contribution in [3.8, 4) is 10.6 Å². The highest BCUT2D eigenvalue weighted by Gasteiger charge is 2.29. The van der Waals surface area contributed by atoms with E-state index in [2.05, 4.69) is 48.2 Å². The quantitative estimate of drug-likeness (QED) is 0.884. The number of thiazole rings is 1. The highest BCUT2D eigenvalue weighted by Crippen LogP contribution is 2.27. The summed E-state index contributed by atoms with van der Waals surface area (Å²) in [7, 11) is 2.13. The van der Waals surface area contributed by atoms with Crippen LogP contribution in [0, 0.1) is 6.92 Å². The Labute approximate surface area is 141 Å². The molecule has 2 aromatic rings. The van der Waals surface area contributed by atoms with E-state index >= 15 is 0 Å². The van der Waals surface area contributed by atoms with E-state index in [0.29, 0.717) is 24.3 Å². The van der Waals surface area contributed by atoms with E-state index in [-0.39, 0.29) is 5.91 Å². The SMILES string of the molecule is Cc1ccc(-c2nc(C(=O)NCC(C)N(C)C3CC3)cs2)cc1. The Hall–Kier alpha value is -1.72. The third-order valence-electron chi connectivity index (χ3n) is 4.41. The minimum atomic E-state index is -0.0874. The number of carbonyl (C=O) groups is 1. The summed E-state index contributed by atoms with van der Waals surface area (Å²) < 4.78 is 0. The molecule has 1 aromatic heterocycles. The van der Waals surface area contributed by atoms with Crippen LogP contribution in [0.3, 0.4) is 0 Å². The first-order chi connectivity index (χ1) is 11.0. The molecule has 1 aromatic carbocycles. The van der Waals surface area contributed by atoms with Gasteiger partial charge in [-0.2, -0.15) is 0 Å². The smallest absolute Gasteiger partial charge is 0.270 e. The minimum Gasteiger partial charge on any atom is -0.349 e. The fourth-order valence-electron chi connectivity index (χ4n) is 2.52. The van der Waals surface area contributed by atoms with Gasteiger partial charge >= 0.3 is 0 Å². The van der Waals surface area contributed by atoms with Gasteiger partial charge in [0.05, 0.1) is 0 Å². The summed E-state index contributed by atoms with van der Waals surface area (Å²) in [5.74, 6) is -0.0874. The Morgan fingerprint density at radius 1 is 1.39 bits per heavy atom. The van der Waals surface area contributed by atoms with Gasteiger partial charge in [-0.25, -0.2) is 4.98 Å². The van der Waals surface area contributed by atoms with Gasteiger partial charge in [-0.05, 0) is 33.7 Å². The second-order valence-electron chi connectivity index (χ2n) is 6.36. The van der Waals surface area contributed by atoms with Crippen LogP contribution in [0.4, 0.5) is 0 Å². The number of nitrogens with zero attached hydrogens (tertiary/aromatic N) is 2. The third kappa shape index (κ3) is 3.98. The number of aryl methyl sites for hydroxylation is 1. The molecule has 1 N–H and O–H groups in total. The van der Waals surface area contributed by atoms with Crippen molar-refractivity contribution in [3.05, 3.63) is 40.9 Å². The maximum atomic E-state index is 12.3. The highest BCUT2D eigenvalue weighted by atomic mass is 32.1. The molecule has 23 heavy (non-hydrogen) atoms. The molecule has 1 atom stereocenters. The lowest BCUT2D eigenvalue weighted by atomic mass is 10.2. The molecule has 1 heterocycles. The maximum absolute atomic E-state index is 12.3. The van der Waals surface area contributed by atoms with Crippen LogP contribution in [0.2, 0.25) is 0 Å². The molecule has 0 aliphatic heterocycles. The van der Waals surface area contributed by atoms with Gasteiger partial charge in [0.25, 0.3) is 5.91 Å². The molecule has 122 valence electrons. The van der Waals surface area contributed by atoms with Crippen molar-refractivity contribution in [1.29, 1.82) is 0 Å². The highest BCUT2D eigenvalue weighted by molar-refractivity contribution is 7.13. The molecule has 1 amide bonds. The van der Waals surface area contributed by atoms with Crippen molar-refractivity contribution in [2.75, 3.05) is 13.6 Å². The first-order valence-electron chi connectivity index (χ1n) is 8.07. The Morgan fingerprint density at radius 3 is 2.74 bits per heavy atom. The van der Waals surface area contributed by atoms with E-state index in [0.717, 1.165) is 10.6 Å². The Kier molecular flexibility index (Phi) is 4.78. The first kappa shape index (κ1) is 16.1. The molecule has 0 saturated heterocycles. The molecule has 1 saturated carbocycles. The van der Waals surface area contributed by atoms with Crippen LogP contribution in [-0.4, -0.2) is 41.5 Å². The van der Waals surface area contributed by atoms with Crippen molar-refractivity contribution in [3.63, 3.8) is 0 Å². The average Bonchev–Trinajstić information content (AvgIpc) is 3.29. The maximum Gasteiger partial charge on any atom is 0.270 e. The number of aromatic nitrogens is 1. The van der Waals surface area contributed by atoms with Crippen LogP contribution in [0.5, 0.6) is 0 Å². The lowest BCUT2D eigenvalue weighted by Crippen LogP contribution is -2.41. The Bertz CT molecular complexity index is 676. The largest absolute Gasteiger partial charge is 0.349 e. The zero-order valence-electron chi connectivity index (χ0n) is 13.9. The van der Waals surface area contributed by atoms with Crippen LogP contribution in [0.1, 0.15) is 35.8 Å². The van der Waals surface area contributed by atoms with Gasteiger partial charge in [-0.15, -0.1) is 11.3 Å². The summed E-state index contributed by atoms with van der Waals surface area (Å²) >= 11 is 1.51. The number of benzene rings is 1. The fourth-order valence-corrected chi connectivity index (χ4v) is 3.33. The van der Waals surface area contributed by atoms with Crippen molar-refractivity contribution in [2.45, 2.75) is 38.8 Å². The number of rotatable bonds is 6. The summed E-state index contributed by atoms with van der Waals surface area (Å²) in [5, 5.41) is 5.72. The van der Waals surface area contributed by atoms with Gasteiger partial charge in [0.1, 0.15) is 10.7 Å². The summed E-state index contributed by atoms with van der Waals surface area (Å²) in [6.45, 7) is 4.87.